The second-order valence-electron chi connectivity index (χ2n) is 7.19. The number of alkyl halides is 1. The van der Waals surface area contributed by atoms with Crippen molar-refractivity contribution in [3.8, 4) is 6.07 Å². The second-order valence-corrected chi connectivity index (χ2v) is 8.00. The van der Waals surface area contributed by atoms with Gasteiger partial charge in [0.1, 0.15) is 11.3 Å². The quantitative estimate of drug-likeness (QED) is 0.375. The van der Waals surface area contributed by atoms with Crippen LogP contribution >= 0.6 is 23.2 Å². The molecule has 0 saturated carbocycles. The number of rotatable bonds is 11. The van der Waals surface area contributed by atoms with Crippen LogP contribution in [0.25, 0.3) is 0 Å². The van der Waals surface area contributed by atoms with Gasteiger partial charge in [0.2, 0.25) is 0 Å². The number of carboxylic acid groups (broad SMARTS) is 2. The number of aliphatic imine (C=N–C) groups is 1. The highest BCUT2D eigenvalue weighted by atomic mass is 35.5. The lowest BCUT2D eigenvalue weighted by molar-refractivity contribution is -0.157. The molecule has 1 heterocycles. The lowest BCUT2D eigenvalue weighted by atomic mass is 9.58. The zero-order valence-electron chi connectivity index (χ0n) is 17.0. The lowest BCUT2D eigenvalue weighted by Crippen LogP contribution is -2.57. The van der Waals surface area contributed by atoms with E-state index in [0.29, 0.717) is 10.6 Å². The molecular weight excluding hydrogens is 447 g/mol. The third kappa shape index (κ3) is 5.36. The Bertz CT molecular complexity index is 872. The molecule has 10 heteroatoms. The fourth-order valence-electron chi connectivity index (χ4n) is 4.24. The van der Waals surface area contributed by atoms with E-state index in [4.69, 9.17) is 32.7 Å². The number of halogens is 2. The zero-order chi connectivity index (χ0) is 23.0. The molecule has 0 aliphatic carbocycles. The molecule has 1 aliphatic rings. The number of methoxy groups -OCH3 is 1. The van der Waals surface area contributed by atoms with Gasteiger partial charge < -0.3 is 19.7 Å². The van der Waals surface area contributed by atoms with Crippen molar-refractivity contribution in [2.24, 2.45) is 16.3 Å². The van der Waals surface area contributed by atoms with E-state index in [-0.39, 0.29) is 44.3 Å². The molecule has 0 saturated heterocycles. The van der Waals surface area contributed by atoms with Crippen LogP contribution in [0, 0.1) is 22.7 Å². The van der Waals surface area contributed by atoms with Crippen LogP contribution in [0.5, 0.6) is 0 Å². The molecule has 0 amide bonds. The Kier molecular flexibility index (Phi) is 9.26. The third-order valence-corrected chi connectivity index (χ3v) is 5.87. The molecular formula is C21H24Cl2N2O6. The van der Waals surface area contributed by atoms with E-state index in [1.54, 1.807) is 24.3 Å². The van der Waals surface area contributed by atoms with E-state index in [1.165, 1.54) is 7.11 Å². The van der Waals surface area contributed by atoms with Gasteiger partial charge in [-0.1, -0.05) is 23.7 Å². The van der Waals surface area contributed by atoms with Crippen molar-refractivity contribution in [3.63, 3.8) is 0 Å². The maximum Gasteiger partial charge on any atom is 0.312 e. The topological polar surface area (TPSA) is 129 Å². The van der Waals surface area contributed by atoms with Gasteiger partial charge in [0.25, 0.3) is 0 Å². The summed E-state index contributed by atoms with van der Waals surface area (Å²) in [7, 11) is 1.41. The van der Waals surface area contributed by atoms with Gasteiger partial charge >= 0.3 is 11.9 Å². The molecule has 2 rings (SSSR count). The van der Waals surface area contributed by atoms with E-state index in [9.17, 15) is 25.1 Å². The van der Waals surface area contributed by atoms with Gasteiger partial charge in [-0.15, -0.1) is 11.6 Å². The van der Waals surface area contributed by atoms with Gasteiger partial charge in [0.15, 0.2) is 0 Å². The van der Waals surface area contributed by atoms with Crippen LogP contribution < -0.4 is 0 Å². The van der Waals surface area contributed by atoms with Gasteiger partial charge in [0.05, 0.1) is 37.6 Å². The average Bonchev–Trinajstić information content (AvgIpc) is 2.72. The molecule has 0 aromatic heterocycles. The SMILES string of the molecule is COCC1N=C(COCCCl)C(C(=O)O)C(c2cccc(Cl)c2)C1(CCC#N)C(=O)O. The van der Waals surface area contributed by atoms with Crippen molar-refractivity contribution in [1.82, 2.24) is 0 Å². The van der Waals surface area contributed by atoms with Crippen LogP contribution in [-0.2, 0) is 19.1 Å². The molecule has 4 unspecified atom stereocenters. The van der Waals surface area contributed by atoms with Crippen LogP contribution in [0.2, 0.25) is 5.02 Å². The fourth-order valence-corrected chi connectivity index (χ4v) is 4.55. The maximum absolute atomic E-state index is 12.8. The smallest absolute Gasteiger partial charge is 0.312 e. The first-order valence-corrected chi connectivity index (χ1v) is 10.5. The number of hydrogen-bond donors (Lipinski definition) is 2. The minimum Gasteiger partial charge on any atom is -0.481 e. The number of benzene rings is 1. The van der Waals surface area contributed by atoms with Crippen molar-refractivity contribution in [2.45, 2.75) is 24.8 Å². The molecule has 31 heavy (non-hydrogen) atoms. The van der Waals surface area contributed by atoms with Crippen molar-refractivity contribution in [1.29, 1.82) is 5.26 Å². The Balaban J connectivity index is 2.79. The Labute approximate surface area is 190 Å². The zero-order valence-corrected chi connectivity index (χ0v) is 18.5. The van der Waals surface area contributed by atoms with Gasteiger partial charge in [-0.3, -0.25) is 14.6 Å². The average molecular weight is 471 g/mol. The minimum absolute atomic E-state index is 0.0693. The summed E-state index contributed by atoms with van der Waals surface area (Å²) in [5.41, 5.74) is -1.07. The molecule has 1 aromatic rings. The summed E-state index contributed by atoms with van der Waals surface area (Å²) in [5.74, 6) is -4.62. The predicted molar refractivity (Wildman–Crippen MR) is 115 cm³/mol. The number of carboxylic acids is 2. The third-order valence-electron chi connectivity index (χ3n) is 5.48. The summed E-state index contributed by atoms with van der Waals surface area (Å²) in [6.07, 6.45) is -0.198. The number of carbonyl (C=O) groups is 2. The maximum atomic E-state index is 12.8. The van der Waals surface area contributed by atoms with E-state index in [2.05, 4.69) is 4.99 Å². The summed E-state index contributed by atoms with van der Waals surface area (Å²) in [5, 5.41) is 30.1. The van der Waals surface area contributed by atoms with Gasteiger partial charge in [-0.2, -0.15) is 5.26 Å². The van der Waals surface area contributed by atoms with Gasteiger partial charge in [0, 0.05) is 30.4 Å². The fraction of sp³-hybridized carbons (Fsp3) is 0.524. The second kappa shape index (κ2) is 11.4. The van der Waals surface area contributed by atoms with Crippen molar-refractivity contribution in [3.05, 3.63) is 34.9 Å². The molecule has 0 radical (unpaired) electrons. The molecule has 0 fully saturated rings. The molecule has 1 aromatic carbocycles. The summed E-state index contributed by atoms with van der Waals surface area (Å²) in [4.78, 5) is 29.7. The van der Waals surface area contributed by atoms with E-state index >= 15 is 0 Å². The first kappa shape index (κ1) is 25.1. The highest BCUT2D eigenvalue weighted by molar-refractivity contribution is 6.30. The summed E-state index contributed by atoms with van der Waals surface area (Å²) >= 11 is 11.8. The number of nitriles is 1. The monoisotopic (exact) mass is 470 g/mol. The van der Waals surface area contributed by atoms with Crippen LogP contribution in [0.3, 0.4) is 0 Å². The highest BCUT2D eigenvalue weighted by Crippen LogP contribution is 2.52. The Hall–Kier alpha value is -2.18. The lowest BCUT2D eigenvalue weighted by Gasteiger charge is -2.47. The number of aliphatic carboxylic acids is 2. The van der Waals surface area contributed by atoms with Crippen molar-refractivity contribution >= 4 is 40.9 Å². The Morgan fingerprint density at radius 2 is 2.10 bits per heavy atom. The normalized spacial score (nSPS) is 25.5. The van der Waals surface area contributed by atoms with Crippen molar-refractivity contribution < 1.29 is 29.3 Å². The number of ether oxygens (including phenoxy) is 2. The van der Waals surface area contributed by atoms with Crippen molar-refractivity contribution in [2.75, 3.05) is 32.8 Å². The summed E-state index contributed by atoms with van der Waals surface area (Å²) in [6.45, 7) is -0.00273. The summed E-state index contributed by atoms with van der Waals surface area (Å²) in [6, 6.07) is 7.49. The van der Waals surface area contributed by atoms with Gasteiger partial charge in [-0.25, -0.2) is 0 Å². The molecule has 1 aliphatic heterocycles. The van der Waals surface area contributed by atoms with Gasteiger partial charge in [-0.05, 0) is 24.1 Å². The first-order valence-electron chi connectivity index (χ1n) is 9.61. The van der Waals surface area contributed by atoms with E-state index in [0.717, 1.165) is 0 Å². The Morgan fingerprint density at radius 1 is 1.35 bits per heavy atom. The standard InChI is InChI=1S/C21H24Cl2N2O6/c1-30-12-16-21(20(28)29,6-3-8-24)18(13-4-2-5-14(23)10-13)17(19(26)27)15(25-16)11-31-9-7-22/h2,4-5,10,16-18H,3,6-7,9,11-12H2,1H3,(H,26,27)(H,28,29). The van der Waals surface area contributed by atoms with Crippen LogP contribution in [0.15, 0.2) is 29.3 Å². The molecule has 8 nitrogen and oxygen atoms in total. The van der Waals surface area contributed by atoms with Crippen LogP contribution in [0.1, 0.15) is 24.3 Å². The molecule has 0 bridgehead atoms. The van der Waals surface area contributed by atoms with Crippen LogP contribution in [-0.4, -0.2) is 66.7 Å². The minimum atomic E-state index is -1.70. The predicted octanol–water partition coefficient (Wildman–Crippen LogP) is 3.22. The van der Waals surface area contributed by atoms with Crippen LogP contribution in [0.4, 0.5) is 0 Å². The molecule has 2 N–H and O–H groups in total. The molecule has 0 spiro atoms. The highest BCUT2D eigenvalue weighted by Gasteiger charge is 2.60. The van der Waals surface area contributed by atoms with E-state index in [1.807, 2.05) is 6.07 Å². The Morgan fingerprint density at radius 3 is 2.65 bits per heavy atom. The number of hydrogen-bond acceptors (Lipinski definition) is 6. The van der Waals surface area contributed by atoms with E-state index < -0.39 is 35.2 Å². The largest absolute Gasteiger partial charge is 0.481 e. The number of nitrogens with zero attached hydrogens (tertiary/aromatic N) is 2. The molecule has 168 valence electrons. The summed E-state index contributed by atoms with van der Waals surface area (Å²) < 4.78 is 10.7. The first-order chi connectivity index (χ1) is 14.8. The molecule has 4 atom stereocenters.